The van der Waals surface area contributed by atoms with Gasteiger partial charge in [-0.2, -0.15) is 0 Å². The average Bonchev–Trinajstić information content (AvgIpc) is 2.28. The molecule has 0 saturated carbocycles. The van der Waals surface area contributed by atoms with E-state index < -0.39 is 0 Å². The first-order valence-corrected chi connectivity index (χ1v) is 6.50. The Balaban J connectivity index is 2.92. The molecule has 94 valence electrons. The van der Waals surface area contributed by atoms with Crippen LogP contribution in [-0.2, 0) is 0 Å². The molecule has 0 heterocycles. The summed E-state index contributed by atoms with van der Waals surface area (Å²) in [5, 5.41) is 0. The number of nitrogen functional groups attached to an aromatic ring is 1. The Bertz CT molecular complexity index is 379. The number of hydrogen-bond acceptors (Lipinski definition) is 2. The van der Waals surface area contributed by atoms with E-state index in [1.165, 1.54) is 0 Å². The van der Waals surface area contributed by atoms with Crippen molar-refractivity contribution in [2.24, 2.45) is 5.92 Å². The van der Waals surface area contributed by atoms with E-state index in [2.05, 4.69) is 13.8 Å². The van der Waals surface area contributed by atoms with Crippen LogP contribution < -0.4 is 5.73 Å². The first-order valence-electron chi connectivity index (χ1n) is 6.50. The van der Waals surface area contributed by atoms with Gasteiger partial charge in [-0.25, -0.2) is 0 Å². The fourth-order valence-electron chi connectivity index (χ4n) is 2.29. The maximum atomic E-state index is 12.4. The summed E-state index contributed by atoms with van der Waals surface area (Å²) in [6.07, 6.45) is 4.09. The van der Waals surface area contributed by atoms with Crippen LogP contribution in [0.1, 0.15) is 55.5 Å². The van der Waals surface area contributed by atoms with Gasteiger partial charge in [0.15, 0.2) is 5.78 Å². The van der Waals surface area contributed by atoms with Crippen molar-refractivity contribution in [3.05, 3.63) is 29.3 Å². The summed E-state index contributed by atoms with van der Waals surface area (Å²) in [5.74, 6) is 0.457. The van der Waals surface area contributed by atoms with Gasteiger partial charge in [0.25, 0.3) is 0 Å². The summed E-state index contributed by atoms with van der Waals surface area (Å²) in [7, 11) is 0. The summed E-state index contributed by atoms with van der Waals surface area (Å²) < 4.78 is 0. The number of benzene rings is 1. The minimum atomic E-state index is 0.173. The second-order valence-electron chi connectivity index (χ2n) is 4.71. The Labute approximate surface area is 104 Å². The number of anilines is 1. The molecule has 2 nitrogen and oxygen atoms in total. The number of Topliss-reactive ketones (excluding diaryl/α,β-unsaturated/α-hetero) is 1. The van der Waals surface area contributed by atoms with Gasteiger partial charge in [-0.3, -0.25) is 4.79 Å². The fourth-order valence-corrected chi connectivity index (χ4v) is 2.29. The molecular formula is C15H23NO. The minimum absolute atomic E-state index is 0.173. The van der Waals surface area contributed by atoms with Crippen molar-refractivity contribution in [3.63, 3.8) is 0 Å². The number of carbonyl (C=O) groups is 1. The van der Waals surface area contributed by atoms with Crippen molar-refractivity contribution < 1.29 is 4.79 Å². The quantitative estimate of drug-likeness (QED) is 0.596. The van der Waals surface area contributed by atoms with Crippen LogP contribution in [0.3, 0.4) is 0 Å². The highest BCUT2D eigenvalue weighted by molar-refractivity contribution is 5.99. The van der Waals surface area contributed by atoms with Crippen molar-refractivity contribution in [1.29, 1.82) is 0 Å². The predicted molar refractivity (Wildman–Crippen MR) is 73.2 cm³/mol. The number of carbonyl (C=O) groups excluding carboxylic acids is 1. The van der Waals surface area contributed by atoms with Crippen LogP contribution in [0.5, 0.6) is 0 Å². The highest BCUT2D eigenvalue weighted by Gasteiger charge is 2.19. The largest absolute Gasteiger partial charge is 0.399 e. The summed E-state index contributed by atoms with van der Waals surface area (Å²) in [4.78, 5) is 12.4. The lowest BCUT2D eigenvalue weighted by molar-refractivity contribution is 0.0904. The zero-order valence-electron chi connectivity index (χ0n) is 11.1. The first kappa shape index (κ1) is 13.8. The average molecular weight is 233 g/mol. The number of nitrogens with two attached hydrogens (primary N) is 1. The maximum absolute atomic E-state index is 12.4. The predicted octanol–water partition coefficient (Wildman–Crippen LogP) is 3.98. The highest BCUT2D eigenvalue weighted by Crippen LogP contribution is 2.22. The van der Waals surface area contributed by atoms with Crippen molar-refractivity contribution in [3.8, 4) is 0 Å². The zero-order chi connectivity index (χ0) is 12.8. The van der Waals surface area contributed by atoms with Gasteiger partial charge in [0.1, 0.15) is 0 Å². The molecule has 0 unspecified atom stereocenters. The maximum Gasteiger partial charge on any atom is 0.166 e. The normalized spacial score (nSPS) is 10.8. The Kier molecular flexibility index (Phi) is 5.20. The third-order valence-electron chi connectivity index (χ3n) is 3.16. The lowest BCUT2D eigenvalue weighted by atomic mass is 9.88. The molecule has 1 aromatic rings. The van der Waals surface area contributed by atoms with E-state index >= 15 is 0 Å². The van der Waals surface area contributed by atoms with Crippen LogP contribution in [0, 0.1) is 12.8 Å². The Morgan fingerprint density at radius 1 is 1.24 bits per heavy atom. The molecule has 0 atom stereocenters. The topological polar surface area (TPSA) is 43.1 Å². The molecular weight excluding hydrogens is 210 g/mol. The molecule has 0 aromatic heterocycles. The minimum Gasteiger partial charge on any atom is -0.399 e. The van der Waals surface area contributed by atoms with Gasteiger partial charge >= 0.3 is 0 Å². The molecule has 0 saturated heterocycles. The number of rotatable bonds is 6. The molecule has 17 heavy (non-hydrogen) atoms. The molecule has 2 heteroatoms. The lowest BCUT2D eigenvalue weighted by Gasteiger charge is -2.15. The van der Waals surface area contributed by atoms with E-state index in [0.717, 1.165) is 42.5 Å². The van der Waals surface area contributed by atoms with Crippen molar-refractivity contribution in [1.82, 2.24) is 0 Å². The molecule has 0 aliphatic carbocycles. The van der Waals surface area contributed by atoms with Crippen LogP contribution >= 0.6 is 0 Å². The van der Waals surface area contributed by atoms with Crippen molar-refractivity contribution >= 4 is 11.5 Å². The standard InChI is InChI=1S/C15H23NO/c1-4-6-12(7-5-2)15(17)14-9-8-13(16)10-11(14)3/h8-10,12H,4-7,16H2,1-3H3. The van der Waals surface area contributed by atoms with E-state index in [1.807, 2.05) is 25.1 Å². The molecule has 1 aromatic carbocycles. The summed E-state index contributed by atoms with van der Waals surface area (Å²) in [6.45, 7) is 6.22. The van der Waals surface area contributed by atoms with Gasteiger partial charge in [-0.15, -0.1) is 0 Å². The fraction of sp³-hybridized carbons (Fsp3) is 0.533. The highest BCUT2D eigenvalue weighted by atomic mass is 16.1. The van der Waals surface area contributed by atoms with E-state index in [-0.39, 0.29) is 11.7 Å². The summed E-state index contributed by atoms with van der Waals surface area (Å²) in [6, 6.07) is 5.56. The van der Waals surface area contributed by atoms with Crippen LogP contribution in [0.15, 0.2) is 18.2 Å². The van der Waals surface area contributed by atoms with Gasteiger partial charge in [0, 0.05) is 17.2 Å². The van der Waals surface area contributed by atoms with E-state index in [0.29, 0.717) is 0 Å². The molecule has 0 radical (unpaired) electrons. The SMILES string of the molecule is CCCC(CCC)C(=O)c1ccc(N)cc1C. The Hall–Kier alpha value is -1.31. The second kappa shape index (κ2) is 6.43. The van der Waals surface area contributed by atoms with Crippen LogP contribution in [-0.4, -0.2) is 5.78 Å². The summed E-state index contributed by atoms with van der Waals surface area (Å²) >= 11 is 0. The molecule has 0 amide bonds. The third kappa shape index (κ3) is 3.58. The number of hydrogen-bond donors (Lipinski definition) is 1. The third-order valence-corrected chi connectivity index (χ3v) is 3.16. The molecule has 0 bridgehead atoms. The Morgan fingerprint density at radius 2 is 1.82 bits per heavy atom. The van der Waals surface area contributed by atoms with Crippen molar-refractivity contribution in [2.45, 2.75) is 46.5 Å². The lowest BCUT2D eigenvalue weighted by Crippen LogP contribution is -2.16. The summed E-state index contributed by atoms with van der Waals surface area (Å²) in [5.41, 5.74) is 8.27. The molecule has 0 aliphatic heterocycles. The Morgan fingerprint density at radius 3 is 2.29 bits per heavy atom. The molecule has 2 N–H and O–H groups in total. The monoisotopic (exact) mass is 233 g/mol. The molecule has 1 rings (SSSR count). The van der Waals surface area contributed by atoms with E-state index in [4.69, 9.17) is 5.73 Å². The van der Waals surface area contributed by atoms with Gasteiger partial charge in [0.2, 0.25) is 0 Å². The van der Waals surface area contributed by atoms with Gasteiger partial charge in [0.05, 0.1) is 0 Å². The molecule has 0 spiro atoms. The van der Waals surface area contributed by atoms with Gasteiger partial charge in [-0.1, -0.05) is 26.7 Å². The van der Waals surface area contributed by atoms with Gasteiger partial charge < -0.3 is 5.73 Å². The van der Waals surface area contributed by atoms with E-state index in [1.54, 1.807) is 0 Å². The van der Waals surface area contributed by atoms with Crippen molar-refractivity contribution in [2.75, 3.05) is 5.73 Å². The van der Waals surface area contributed by atoms with Gasteiger partial charge in [-0.05, 0) is 43.5 Å². The number of aryl methyl sites for hydroxylation is 1. The zero-order valence-corrected chi connectivity index (χ0v) is 11.1. The van der Waals surface area contributed by atoms with Crippen LogP contribution in [0.2, 0.25) is 0 Å². The van der Waals surface area contributed by atoms with Crippen LogP contribution in [0.4, 0.5) is 5.69 Å². The molecule has 0 fully saturated rings. The second-order valence-corrected chi connectivity index (χ2v) is 4.71. The van der Waals surface area contributed by atoms with E-state index in [9.17, 15) is 4.79 Å². The number of ketones is 1. The first-order chi connectivity index (χ1) is 8.10. The van der Waals surface area contributed by atoms with Crippen LogP contribution in [0.25, 0.3) is 0 Å². The smallest absolute Gasteiger partial charge is 0.166 e. The molecule has 0 aliphatic rings.